The normalized spacial score (nSPS) is 18.8. The Kier molecular flexibility index (Phi) is 8.34. The van der Waals surface area contributed by atoms with Crippen LogP contribution in [0.2, 0.25) is 0 Å². The summed E-state index contributed by atoms with van der Waals surface area (Å²) in [6, 6.07) is 14.8. The van der Waals surface area contributed by atoms with Crippen LogP contribution in [0.3, 0.4) is 0 Å². The van der Waals surface area contributed by atoms with Crippen molar-refractivity contribution >= 4 is 27.7 Å². The second-order valence-electron chi connectivity index (χ2n) is 17.8. The lowest BCUT2D eigenvalue weighted by molar-refractivity contribution is -0.229. The zero-order chi connectivity index (χ0) is 43.8. The molecular weight excluding hydrogens is 827 g/mol. The lowest BCUT2D eigenvalue weighted by Crippen LogP contribution is -2.54. The number of aryl methyl sites for hydroxylation is 3. The molecule has 326 valence electrons. The van der Waals surface area contributed by atoms with E-state index in [2.05, 4.69) is 27.4 Å². The van der Waals surface area contributed by atoms with Crippen molar-refractivity contribution < 1.29 is 27.6 Å². The molecule has 2 saturated heterocycles. The molecule has 1 N–H and O–H groups in total. The zero-order valence-corrected chi connectivity index (χ0v) is 35.2. The fourth-order valence-electron chi connectivity index (χ4n) is 10.3. The van der Waals surface area contributed by atoms with E-state index in [4.69, 9.17) is 19.1 Å². The molecule has 8 aromatic rings. The maximum atomic E-state index is 16.1. The van der Waals surface area contributed by atoms with Crippen molar-refractivity contribution in [2.24, 2.45) is 7.05 Å². The molecule has 1 aliphatic carbocycles. The number of aromatic nitrogens is 9. The number of ether oxygens (including phenoxy) is 2. The van der Waals surface area contributed by atoms with E-state index in [1.165, 1.54) is 27.6 Å². The van der Waals surface area contributed by atoms with E-state index in [-0.39, 0.29) is 40.9 Å². The second kappa shape index (κ2) is 13.8. The Morgan fingerprint density at radius 2 is 1.73 bits per heavy atom. The van der Waals surface area contributed by atoms with Gasteiger partial charge < -0.3 is 18.9 Å². The van der Waals surface area contributed by atoms with Crippen molar-refractivity contribution in [3.8, 4) is 17.2 Å². The van der Waals surface area contributed by atoms with Gasteiger partial charge >= 0.3 is 11.4 Å². The number of imidazole rings is 1. The standard InChI is InChI=1S/C46H42F2N10O6/c1-25-16-30(17-26(2)38(25)47)58-40(56-14-13-55(44(56)61)36-7-6-35-31(39(36)48)21-49-53(35)3)32-22-54(12-8-33(32)51-58)41(59)37-19-29-18-27(28-9-15-63-45(20-28)23-62-24-45)4-5-34(29)57(37)46(10-11-46)42-50-43(60)64-52-42/h4-7,13-14,16-19,21,28H,8-12,15,20,22-24H2,1-3H3,(H,50,52,60)/t28-/m0/s1. The molecule has 1 saturated carbocycles. The summed E-state index contributed by atoms with van der Waals surface area (Å²) in [5.74, 6) is -0.937. The fraction of sp³-hybridized carbons (Fsp3) is 0.348. The highest BCUT2D eigenvalue weighted by molar-refractivity contribution is 5.99. The van der Waals surface area contributed by atoms with Gasteiger partial charge in [-0.05, 0) is 105 Å². The first-order valence-electron chi connectivity index (χ1n) is 21.4. The first-order chi connectivity index (χ1) is 30.9. The quantitative estimate of drug-likeness (QED) is 0.214. The SMILES string of the molecule is Cc1cc(-n2nc3c(c2-n2ccn(-c4ccc5c(cnn5C)c4F)c2=O)CN(C(=O)c2cc4cc([C@H]5CCOC6(COC6)C5)ccc4n2C2(c4noc(=O)[nH]4)CC2)CC3)cc(C)c1F. The summed E-state index contributed by atoms with van der Waals surface area (Å²) in [4.78, 5) is 46.6. The molecule has 5 aromatic heterocycles. The van der Waals surface area contributed by atoms with Gasteiger partial charge in [0.15, 0.2) is 11.6 Å². The Morgan fingerprint density at radius 1 is 0.953 bits per heavy atom. The number of aromatic amines is 1. The summed E-state index contributed by atoms with van der Waals surface area (Å²) >= 11 is 0. The topological polar surface area (TPSA) is 165 Å². The Bertz CT molecular complexity index is 3350. The van der Waals surface area contributed by atoms with Crippen molar-refractivity contribution in [2.45, 2.75) is 69.6 Å². The van der Waals surface area contributed by atoms with Crippen LogP contribution in [0.15, 0.2) is 81.2 Å². The van der Waals surface area contributed by atoms with E-state index in [1.807, 2.05) is 16.7 Å². The molecule has 12 rings (SSSR count). The number of halogens is 2. The number of carbonyl (C=O) groups excluding carboxylic acids is 1. The number of hydrogen-bond acceptors (Lipinski definition) is 9. The number of fused-ring (bicyclic) bond motifs is 3. The Morgan fingerprint density at radius 3 is 2.47 bits per heavy atom. The second-order valence-corrected chi connectivity index (χ2v) is 17.8. The minimum absolute atomic E-state index is 0.0429. The van der Waals surface area contributed by atoms with Gasteiger partial charge in [-0.2, -0.15) is 10.2 Å². The number of rotatable bonds is 7. The van der Waals surface area contributed by atoms with Crippen LogP contribution in [0.5, 0.6) is 0 Å². The van der Waals surface area contributed by atoms with Crippen LogP contribution < -0.4 is 11.4 Å². The maximum Gasteiger partial charge on any atom is 0.438 e. The lowest BCUT2D eigenvalue weighted by Gasteiger charge is -2.46. The highest BCUT2D eigenvalue weighted by atomic mass is 19.1. The third-order valence-electron chi connectivity index (χ3n) is 13.8. The summed E-state index contributed by atoms with van der Waals surface area (Å²) in [5, 5.41) is 14.4. The first kappa shape index (κ1) is 38.7. The summed E-state index contributed by atoms with van der Waals surface area (Å²) in [5.41, 5.74) is 3.96. The molecule has 1 atom stereocenters. The lowest BCUT2D eigenvalue weighted by atomic mass is 9.80. The molecule has 3 fully saturated rings. The summed E-state index contributed by atoms with van der Waals surface area (Å²) in [6.45, 7) is 5.53. The Hall–Kier alpha value is -6.92. The minimum Gasteiger partial charge on any atom is -0.375 e. The summed E-state index contributed by atoms with van der Waals surface area (Å²) in [7, 11) is 1.72. The van der Waals surface area contributed by atoms with Crippen molar-refractivity contribution in [3.05, 3.63) is 139 Å². The fourth-order valence-corrected chi connectivity index (χ4v) is 10.3. The van der Waals surface area contributed by atoms with Crippen LogP contribution in [0.4, 0.5) is 8.78 Å². The van der Waals surface area contributed by atoms with Gasteiger partial charge in [-0.15, -0.1) is 0 Å². The van der Waals surface area contributed by atoms with E-state index in [0.29, 0.717) is 96.6 Å². The van der Waals surface area contributed by atoms with Gasteiger partial charge in [0.05, 0.1) is 53.9 Å². The van der Waals surface area contributed by atoms with Gasteiger partial charge in [-0.3, -0.25) is 28.1 Å². The van der Waals surface area contributed by atoms with Crippen LogP contribution in [-0.4, -0.2) is 86.2 Å². The van der Waals surface area contributed by atoms with Crippen LogP contribution in [-0.2, 0) is 35.0 Å². The average Bonchev–Trinajstić information content (AvgIpc) is 3.73. The van der Waals surface area contributed by atoms with Gasteiger partial charge in [0.1, 0.15) is 28.5 Å². The highest BCUT2D eigenvalue weighted by Gasteiger charge is 2.52. The number of nitrogens with one attached hydrogen (secondary N) is 1. The molecule has 64 heavy (non-hydrogen) atoms. The van der Waals surface area contributed by atoms with Crippen molar-refractivity contribution in [3.63, 3.8) is 0 Å². The predicted octanol–water partition coefficient (Wildman–Crippen LogP) is 5.63. The van der Waals surface area contributed by atoms with Crippen LogP contribution in [0, 0.1) is 25.5 Å². The van der Waals surface area contributed by atoms with Gasteiger partial charge in [0.25, 0.3) is 5.91 Å². The molecule has 18 heteroatoms. The number of carbonyl (C=O) groups is 1. The van der Waals surface area contributed by atoms with Crippen LogP contribution in [0.25, 0.3) is 39.0 Å². The molecule has 0 unspecified atom stereocenters. The summed E-state index contributed by atoms with van der Waals surface area (Å²) in [6.07, 6.45) is 7.78. The highest BCUT2D eigenvalue weighted by Crippen LogP contribution is 2.51. The minimum atomic E-state index is -0.813. The largest absolute Gasteiger partial charge is 0.438 e. The van der Waals surface area contributed by atoms with E-state index >= 15 is 13.6 Å². The van der Waals surface area contributed by atoms with Crippen molar-refractivity contribution in [2.75, 3.05) is 26.4 Å². The van der Waals surface area contributed by atoms with Gasteiger partial charge in [-0.1, -0.05) is 11.2 Å². The van der Waals surface area contributed by atoms with Gasteiger partial charge in [-0.25, -0.2) is 23.1 Å². The third-order valence-corrected chi connectivity index (χ3v) is 13.8. The monoisotopic (exact) mass is 868 g/mol. The van der Waals surface area contributed by atoms with Crippen LogP contribution in [0.1, 0.15) is 75.9 Å². The molecule has 0 bridgehead atoms. The average molecular weight is 869 g/mol. The molecule has 16 nitrogen and oxygen atoms in total. The third kappa shape index (κ3) is 5.70. The Balaban J connectivity index is 0.971. The van der Waals surface area contributed by atoms with Crippen molar-refractivity contribution in [1.82, 2.24) is 48.3 Å². The van der Waals surface area contributed by atoms with Crippen LogP contribution >= 0.6 is 0 Å². The zero-order valence-electron chi connectivity index (χ0n) is 35.2. The molecule has 3 aliphatic heterocycles. The number of benzene rings is 3. The number of H-pyrrole nitrogens is 1. The number of nitrogens with zero attached hydrogens (tertiary/aromatic N) is 9. The number of amides is 1. The molecule has 1 spiro atoms. The van der Waals surface area contributed by atoms with E-state index in [1.54, 1.807) is 59.6 Å². The molecule has 3 aromatic carbocycles. The van der Waals surface area contributed by atoms with E-state index in [0.717, 1.165) is 29.3 Å². The van der Waals surface area contributed by atoms with Crippen molar-refractivity contribution in [1.29, 1.82) is 0 Å². The predicted molar refractivity (Wildman–Crippen MR) is 227 cm³/mol. The van der Waals surface area contributed by atoms with Gasteiger partial charge in [0, 0.05) is 55.5 Å². The smallest absolute Gasteiger partial charge is 0.375 e. The Labute approximate surface area is 362 Å². The molecular formula is C46H42F2N10O6. The van der Waals surface area contributed by atoms with E-state index < -0.39 is 22.8 Å². The molecule has 4 aliphatic rings. The molecule has 8 heterocycles. The maximum absolute atomic E-state index is 16.1. The van der Waals surface area contributed by atoms with Gasteiger partial charge in [0.2, 0.25) is 0 Å². The summed E-state index contributed by atoms with van der Waals surface area (Å²) < 4.78 is 55.6. The molecule has 1 amide bonds. The number of hydrogen-bond donors (Lipinski definition) is 1. The first-order valence-corrected chi connectivity index (χ1v) is 21.4. The molecule has 0 radical (unpaired) electrons. The van der Waals surface area contributed by atoms with E-state index in [9.17, 15) is 9.59 Å².